The standard InChI is InChI=1S/C19H18ClN5O2S/c1-10(25-26-2)9-28-19-23-17(22-18(21)24-19)16-13-5-3-4-11-7-27-8-12(15(11)13)6-14(16)20/h3-6,9,25H,7-8H2,1-2H3,(H2,21,22,23,24). The number of nitrogens with one attached hydrogen (secondary N) is 1. The highest BCUT2D eigenvalue weighted by Crippen LogP contribution is 2.39. The average Bonchev–Trinajstić information content (AvgIpc) is 2.66. The van der Waals surface area contributed by atoms with Crippen LogP contribution < -0.4 is 11.2 Å². The number of rotatable bonds is 5. The second-order valence-corrected chi connectivity index (χ2v) is 7.49. The Morgan fingerprint density at radius 3 is 2.93 bits per heavy atom. The van der Waals surface area contributed by atoms with Crippen LogP contribution >= 0.6 is 23.4 Å². The van der Waals surface area contributed by atoms with Crippen LogP contribution in [0.5, 0.6) is 0 Å². The fourth-order valence-electron chi connectivity index (χ4n) is 3.21. The van der Waals surface area contributed by atoms with Gasteiger partial charge in [0.25, 0.3) is 0 Å². The molecule has 0 saturated carbocycles. The summed E-state index contributed by atoms with van der Waals surface area (Å²) in [6, 6.07) is 7.98. The summed E-state index contributed by atoms with van der Waals surface area (Å²) in [5, 5.41) is 4.98. The number of anilines is 1. The topological polar surface area (TPSA) is 95.2 Å². The molecular weight excluding hydrogens is 398 g/mol. The van der Waals surface area contributed by atoms with Crippen molar-refractivity contribution in [3.63, 3.8) is 0 Å². The molecule has 9 heteroatoms. The van der Waals surface area contributed by atoms with Crippen LogP contribution in [0, 0.1) is 0 Å². The fourth-order valence-corrected chi connectivity index (χ4v) is 4.14. The van der Waals surface area contributed by atoms with Gasteiger partial charge in [-0.05, 0) is 40.3 Å². The van der Waals surface area contributed by atoms with Crippen molar-refractivity contribution in [3.8, 4) is 11.4 Å². The number of aromatic nitrogens is 3. The highest BCUT2D eigenvalue weighted by Gasteiger charge is 2.20. The van der Waals surface area contributed by atoms with E-state index < -0.39 is 0 Å². The van der Waals surface area contributed by atoms with E-state index in [-0.39, 0.29) is 5.95 Å². The first-order chi connectivity index (χ1) is 13.6. The molecule has 0 atom stereocenters. The van der Waals surface area contributed by atoms with Crippen molar-refractivity contribution >= 4 is 40.1 Å². The minimum absolute atomic E-state index is 0.137. The lowest BCUT2D eigenvalue weighted by Crippen LogP contribution is -2.08. The second-order valence-electron chi connectivity index (χ2n) is 6.25. The predicted molar refractivity (Wildman–Crippen MR) is 110 cm³/mol. The number of hydroxylamine groups is 1. The van der Waals surface area contributed by atoms with Crippen LogP contribution in [0.25, 0.3) is 22.2 Å². The van der Waals surface area contributed by atoms with E-state index in [9.17, 15) is 0 Å². The second kappa shape index (κ2) is 7.92. The van der Waals surface area contributed by atoms with Gasteiger partial charge in [0.05, 0.1) is 25.3 Å². The number of allylic oxidation sites excluding steroid dienone is 1. The molecule has 2 aromatic carbocycles. The zero-order chi connectivity index (χ0) is 19.7. The maximum Gasteiger partial charge on any atom is 0.224 e. The number of nitrogen functional groups attached to an aromatic ring is 1. The number of ether oxygens (including phenoxy) is 1. The van der Waals surface area contributed by atoms with Crippen molar-refractivity contribution < 1.29 is 9.57 Å². The Morgan fingerprint density at radius 2 is 2.11 bits per heavy atom. The van der Waals surface area contributed by atoms with Crippen molar-refractivity contribution in [3.05, 3.63) is 51.5 Å². The van der Waals surface area contributed by atoms with Gasteiger partial charge in [-0.15, -0.1) is 0 Å². The summed E-state index contributed by atoms with van der Waals surface area (Å²) in [4.78, 5) is 18.0. The SMILES string of the molecule is CONC(C)=CSc1nc(N)nc(-c2c(Cl)cc3c4c(cccc24)COC3)n1. The van der Waals surface area contributed by atoms with E-state index >= 15 is 0 Å². The number of hydrogen-bond acceptors (Lipinski definition) is 8. The van der Waals surface area contributed by atoms with E-state index in [1.807, 2.05) is 30.5 Å². The number of hydrogen-bond donors (Lipinski definition) is 2. The molecule has 0 bridgehead atoms. The molecule has 144 valence electrons. The molecule has 4 rings (SSSR count). The summed E-state index contributed by atoms with van der Waals surface area (Å²) in [5.74, 6) is 0.582. The lowest BCUT2D eigenvalue weighted by molar-refractivity contribution is 0.103. The lowest BCUT2D eigenvalue weighted by Gasteiger charge is -2.20. The molecule has 1 aromatic heterocycles. The molecule has 0 aliphatic carbocycles. The fraction of sp³-hybridized carbons (Fsp3) is 0.211. The first-order valence-electron chi connectivity index (χ1n) is 8.52. The van der Waals surface area contributed by atoms with Gasteiger partial charge in [-0.3, -0.25) is 10.3 Å². The maximum atomic E-state index is 6.63. The molecule has 7 nitrogen and oxygen atoms in total. The molecule has 2 heterocycles. The first kappa shape index (κ1) is 18.9. The van der Waals surface area contributed by atoms with Gasteiger partial charge in [0.2, 0.25) is 5.95 Å². The van der Waals surface area contributed by atoms with Crippen molar-refractivity contribution in [2.24, 2.45) is 0 Å². The van der Waals surface area contributed by atoms with Crippen LogP contribution in [0.15, 0.2) is 40.5 Å². The van der Waals surface area contributed by atoms with E-state index in [1.165, 1.54) is 11.8 Å². The third kappa shape index (κ3) is 3.64. The summed E-state index contributed by atoms with van der Waals surface area (Å²) < 4.78 is 5.65. The molecule has 0 spiro atoms. The monoisotopic (exact) mass is 415 g/mol. The maximum absolute atomic E-state index is 6.63. The largest absolute Gasteiger partial charge is 0.372 e. The van der Waals surface area contributed by atoms with E-state index in [0.29, 0.717) is 29.2 Å². The molecular formula is C19H18ClN5O2S. The van der Waals surface area contributed by atoms with Crippen LogP contribution in [-0.2, 0) is 22.8 Å². The van der Waals surface area contributed by atoms with Crippen LogP contribution in [0.4, 0.5) is 5.95 Å². The first-order valence-corrected chi connectivity index (χ1v) is 9.77. The van der Waals surface area contributed by atoms with E-state index in [0.717, 1.165) is 33.2 Å². The Kier molecular flexibility index (Phi) is 5.36. The number of thioether (sulfide) groups is 1. The van der Waals surface area contributed by atoms with Gasteiger partial charge in [0.1, 0.15) is 0 Å². The molecule has 3 N–H and O–H groups in total. The molecule has 0 fully saturated rings. The van der Waals surface area contributed by atoms with Gasteiger partial charge in [-0.25, -0.2) is 4.98 Å². The number of nitrogens with zero attached hydrogens (tertiary/aromatic N) is 3. The average molecular weight is 416 g/mol. The Morgan fingerprint density at radius 1 is 1.29 bits per heavy atom. The van der Waals surface area contributed by atoms with Gasteiger partial charge < -0.3 is 10.5 Å². The zero-order valence-corrected chi connectivity index (χ0v) is 16.9. The minimum Gasteiger partial charge on any atom is -0.372 e. The third-order valence-corrected chi connectivity index (χ3v) is 5.42. The van der Waals surface area contributed by atoms with Crippen molar-refractivity contribution in [2.45, 2.75) is 25.3 Å². The molecule has 0 saturated heterocycles. The van der Waals surface area contributed by atoms with Gasteiger partial charge >= 0.3 is 0 Å². The van der Waals surface area contributed by atoms with E-state index in [2.05, 4.69) is 26.5 Å². The molecule has 1 aliphatic heterocycles. The summed E-state index contributed by atoms with van der Waals surface area (Å²) in [6.45, 7) is 2.97. The van der Waals surface area contributed by atoms with Crippen molar-refractivity contribution in [2.75, 3.05) is 12.8 Å². The Bertz CT molecular complexity index is 1090. The molecule has 3 aromatic rings. The van der Waals surface area contributed by atoms with E-state index in [1.54, 1.807) is 7.11 Å². The quantitative estimate of drug-likeness (QED) is 0.475. The van der Waals surface area contributed by atoms with Crippen LogP contribution in [0.3, 0.4) is 0 Å². The lowest BCUT2D eigenvalue weighted by atomic mass is 9.94. The Balaban J connectivity index is 1.84. The number of benzene rings is 2. The Labute approximate surface area is 171 Å². The zero-order valence-electron chi connectivity index (χ0n) is 15.3. The van der Waals surface area contributed by atoms with Crippen LogP contribution in [-0.4, -0.2) is 22.1 Å². The Hall–Kier alpha value is -2.39. The minimum atomic E-state index is 0.137. The van der Waals surface area contributed by atoms with Gasteiger partial charge in [0.15, 0.2) is 11.0 Å². The molecule has 1 aliphatic rings. The summed E-state index contributed by atoms with van der Waals surface area (Å²) >= 11 is 7.94. The predicted octanol–water partition coefficient (Wildman–Crippen LogP) is 4.06. The third-order valence-electron chi connectivity index (χ3n) is 4.26. The normalized spacial score (nSPS) is 13.8. The molecule has 0 radical (unpaired) electrons. The van der Waals surface area contributed by atoms with Gasteiger partial charge in [-0.2, -0.15) is 9.97 Å². The van der Waals surface area contributed by atoms with Crippen LogP contribution in [0.1, 0.15) is 18.1 Å². The smallest absolute Gasteiger partial charge is 0.224 e. The molecule has 0 unspecified atom stereocenters. The number of nitrogens with two attached hydrogens (primary N) is 1. The summed E-state index contributed by atoms with van der Waals surface area (Å²) in [7, 11) is 1.55. The number of halogens is 1. The summed E-state index contributed by atoms with van der Waals surface area (Å²) in [5.41, 5.74) is 12.4. The summed E-state index contributed by atoms with van der Waals surface area (Å²) in [6.07, 6.45) is 0. The van der Waals surface area contributed by atoms with E-state index in [4.69, 9.17) is 26.9 Å². The molecule has 0 amide bonds. The van der Waals surface area contributed by atoms with Crippen molar-refractivity contribution in [1.29, 1.82) is 0 Å². The highest BCUT2D eigenvalue weighted by molar-refractivity contribution is 8.02. The highest BCUT2D eigenvalue weighted by atomic mass is 35.5. The van der Waals surface area contributed by atoms with Gasteiger partial charge in [0, 0.05) is 11.3 Å². The van der Waals surface area contributed by atoms with Crippen molar-refractivity contribution in [1.82, 2.24) is 20.4 Å². The van der Waals surface area contributed by atoms with Gasteiger partial charge in [-0.1, -0.05) is 41.6 Å². The van der Waals surface area contributed by atoms with Crippen LogP contribution in [0.2, 0.25) is 5.02 Å². The molecule has 28 heavy (non-hydrogen) atoms.